The quantitative estimate of drug-likeness (QED) is 0.691. The second kappa shape index (κ2) is 12.6. The van der Waals surface area contributed by atoms with Crippen LogP contribution in [0.4, 0.5) is 0 Å². The lowest BCUT2D eigenvalue weighted by Gasteiger charge is -2.36. The van der Waals surface area contributed by atoms with Gasteiger partial charge in [-0.2, -0.15) is 0 Å². The highest BCUT2D eigenvalue weighted by atomic mass is 35.5. The van der Waals surface area contributed by atoms with E-state index in [2.05, 4.69) is 23.2 Å². The Kier molecular flexibility index (Phi) is 12.3. The maximum absolute atomic E-state index is 5.63. The summed E-state index contributed by atoms with van der Waals surface area (Å²) in [5, 5.41) is 3.44. The third-order valence-corrected chi connectivity index (χ3v) is 4.47. The van der Waals surface area contributed by atoms with Crippen LogP contribution < -0.4 is 14.8 Å². The van der Waals surface area contributed by atoms with Crippen LogP contribution in [0.15, 0.2) is 18.2 Å². The summed E-state index contributed by atoms with van der Waals surface area (Å²) < 4.78 is 11.1. The van der Waals surface area contributed by atoms with Gasteiger partial charge in [-0.1, -0.05) is 26.2 Å². The molecule has 6 heteroatoms. The Balaban J connectivity index is 0.00000264. The predicted octanol–water partition coefficient (Wildman–Crippen LogP) is 4.07. The average molecular weight is 379 g/mol. The van der Waals surface area contributed by atoms with Gasteiger partial charge in [0.15, 0.2) is 0 Å². The number of methoxy groups -OCH3 is 2. The Morgan fingerprint density at radius 3 is 2.38 bits per heavy atom. The number of nitrogens with zero attached hydrogens (tertiary/aromatic N) is 1. The molecule has 1 aromatic carbocycles. The molecule has 0 aliphatic carbocycles. The lowest BCUT2D eigenvalue weighted by Crippen LogP contribution is -2.45. The zero-order chi connectivity index (χ0) is 15.8. The number of benzene rings is 1. The van der Waals surface area contributed by atoms with Crippen LogP contribution in [0.25, 0.3) is 0 Å². The van der Waals surface area contributed by atoms with Crippen molar-refractivity contribution in [3.63, 3.8) is 0 Å². The molecule has 4 nitrogen and oxygen atoms in total. The first-order valence-corrected chi connectivity index (χ1v) is 8.46. The third-order valence-electron chi connectivity index (χ3n) is 4.47. The number of rotatable bonds is 8. The Bertz CT molecular complexity index is 455. The Morgan fingerprint density at radius 2 is 1.79 bits per heavy atom. The number of hydrogen-bond acceptors (Lipinski definition) is 4. The molecule has 2 rings (SSSR count). The van der Waals surface area contributed by atoms with Crippen LogP contribution in [0, 0.1) is 0 Å². The molecular formula is C18H32Cl2N2O2. The molecule has 0 spiro atoms. The van der Waals surface area contributed by atoms with Crippen molar-refractivity contribution in [3.8, 4) is 11.5 Å². The highest BCUT2D eigenvalue weighted by Gasteiger charge is 2.25. The highest BCUT2D eigenvalue weighted by Crippen LogP contribution is 2.36. The van der Waals surface area contributed by atoms with E-state index in [9.17, 15) is 0 Å². The number of unbranched alkanes of at least 4 members (excludes halogenated alkanes) is 2. The van der Waals surface area contributed by atoms with Crippen molar-refractivity contribution in [1.29, 1.82) is 0 Å². The van der Waals surface area contributed by atoms with E-state index in [1.54, 1.807) is 14.2 Å². The number of hydrogen-bond donors (Lipinski definition) is 1. The monoisotopic (exact) mass is 378 g/mol. The van der Waals surface area contributed by atoms with Crippen molar-refractivity contribution in [2.75, 3.05) is 40.4 Å². The Hall–Kier alpha value is -0.680. The molecule has 0 saturated carbocycles. The molecule has 1 aliphatic heterocycles. The van der Waals surface area contributed by atoms with Gasteiger partial charge >= 0.3 is 0 Å². The van der Waals surface area contributed by atoms with E-state index in [4.69, 9.17) is 9.47 Å². The normalized spacial score (nSPS) is 15.8. The summed E-state index contributed by atoms with van der Waals surface area (Å²) in [6.45, 7) is 6.58. The molecule has 0 aromatic heterocycles. The van der Waals surface area contributed by atoms with E-state index < -0.39 is 0 Å². The molecule has 140 valence electrons. The fourth-order valence-corrected chi connectivity index (χ4v) is 3.22. The van der Waals surface area contributed by atoms with Crippen molar-refractivity contribution >= 4 is 24.8 Å². The lowest BCUT2D eigenvalue weighted by atomic mass is 9.97. The van der Waals surface area contributed by atoms with Gasteiger partial charge in [0.25, 0.3) is 0 Å². The minimum Gasteiger partial charge on any atom is -0.497 e. The molecule has 24 heavy (non-hydrogen) atoms. The zero-order valence-corrected chi connectivity index (χ0v) is 16.7. The smallest absolute Gasteiger partial charge is 0.123 e. The van der Waals surface area contributed by atoms with Crippen LogP contribution in [0.3, 0.4) is 0 Å². The first-order chi connectivity index (χ1) is 10.8. The molecule has 1 N–H and O–H groups in total. The van der Waals surface area contributed by atoms with Crippen molar-refractivity contribution in [1.82, 2.24) is 10.2 Å². The van der Waals surface area contributed by atoms with E-state index in [0.29, 0.717) is 6.04 Å². The molecule has 1 fully saturated rings. The van der Waals surface area contributed by atoms with Gasteiger partial charge < -0.3 is 14.8 Å². The lowest BCUT2D eigenvalue weighted by molar-refractivity contribution is 0.159. The standard InChI is InChI=1S/C18H30N2O2.2ClH/c1-4-5-6-7-17(20-12-10-19-11-13-20)16-14-15(21-2)8-9-18(16)22-3;;/h8-9,14,17,19H,4-7,10-13H2,1-3H3;2*1H/t17-;;/m1../s1. The van der Waals surface area contributed by atoms with E-state index in [0.717, 1.165) is 37.7 Å². The van der Waals surface area contributed by atoms with Crippen LogP contribution in [0.5, 0.6) is 11.5 Å². The second-order valence-electron chi connectivity index (χ2n) is 5.91. The molecular weight excluding hydrogens is 347 g/mol. The summed E-state index contributed by atoms with van der Waals surface area (Å²) in [6.07, 6.45) is 4.97. The average Bonchev–Trinajstić information content (AvgIpc) is 2.59. The van der Waals surface area contributed by atoms with Gasteiger partial charge in [0, 0.05) is 37.8 Å². The van der Waals surface area contributed by atoms with Gasteiger partial charge in [0.05, 0.1) is 14.2 Å². The van der Waals surface area contributed by atoms with Gasteiger partial charge in [-0.05, 0) is 24.6 Å². The maximum atomic E-state index is 5.63. The maximum Gasteiger partial charge on any atom is 0.123 e. The number of nitrogens with one attached hydrogen (secondary N) is 1. The summed E-state index contributed by atoms with van der Waals surface area (Å²) in [6, 6.07) is 6.57. The van der Waals surface area contributed by atoms with E-state index in [1.807, 2.05) is 12.1 Å². The molecule has 1 saturated heterocycles. The second-order valence-corrected chi connectivity index (χ2v) is 5.91. The van der Waals surface area contributed by atoms with Crippen LogP contribution in [-0.4, -0.2) is 45.3 Å². The molecule has 1 heterocycles. The SMILES string of the molecule is CCCCC[C@H](c1cc(OC)ccc1OC)N1CCNCC1.Cl.Cl. The molecule has 0 radical (unpaired) electrons. The van der Waals surface area contributed by atoms with Crippen molar-refractivity contribution < 1.29 is 9.47 Å². The van der Waals surface area contributed by atoms with E-state index in [-0.39, 0.29) is 24.8 Å². The van der Waals surface area contributed by atoms with Crippen LogP contribution >= 0.6 is 24.8 Å². The van der Waals surface area contributed by atoms with Gasteiger partial charge in [-0.25, -0.2) is 0 Å². The van der Waals surface area contributed by atoms with Crippen molar-refractivity contribution in [3.05, 3.63) is 23.8 Å². The minimum absolute atomic E-state index is 0. The number of halogens is 2. The predicted molar refractivity (Wildman–Crippen MR) is 105 cm³/mol. The van der Waals surface area contributed by atoms with Gasteiger partial charge in [0.1, 0.15) is 11.5 Å². The molecule has 1 atom stereocenters. The minimum atomic E-state index is 0. The summed E-state index contributed by atoms with van der Waals surface area (Å²) in [5.74, 6) is 1.88. The topological polar surface area (TPSA) is 33.7 Å². The van der Waals surface area contributed by atoms with E-state index in [1.165, 1.54) is 31.2 Å². The summed E-state index contributed by atoms with van der Waals surface area (Å²) in [7, 11) is 3.48. The third kappa shape index (κ3) is 6.32. The Labute approximate surface area is 159 Å². The summed E-state index contributed by atoms with van der Waals surface area (Å²) >= 11 is 0. The van der Waals surface area contributed by atoms with Crippen molar-refractivity contribution in [2.45, 2.75) is 38.6 Å². The number of piperazine rings is 1. The Morgan fingerprint density at radius 1 is 1.08 bits per heavy atom. The molecule has 0 bridgehead atoms. The first-order valence-electron chi connectivity index (χ1n) is 8.46. The summed E-state index contributed by atoms with van der Waals surface area (Å²) in [5.41, 5.74) is 1.26. The van der Waals surface area contributed by atoms with Crippen LogP contribution in [0.1, 0.15) is 44.2 Å². The number of ether oxygens (including phenoxy) is 2. The fraction of sp³-hybridized carbons (Fsp3) is 0.667. The molecule has 1 aromatic rings. The molecule has 1 aliphatic rings. The highest BCUT2D eigenvalue weighted by molar-refractivity contribution is 5.85. The molecule has 0 amide bonds. The molecule has 0 unspecified atom stereocenters. The van der Waals surface area contributed by atoms with Gasteiger partial charge in [-0.3, -0.25) is 4.90 Å². The zero-order valence-electron chi connectivity index (χ0n) is 15.0. The van der Waals surface area contributed by atoms with Gasteiger partial charge in [0.2, 0.25) is 0 Å². The van der Waals surface area contributed by atoms with Crippen LogP contribution in [-0.2, 0) is 0 Å². The van der Waals surface area contributed by atoms with E-state index >= 15 is 0 Å². The van der Waals surface area contributed by atoms with Crippen molar-refractivity contribution in [2.24, 2.45) is 0 Å². The van der Waals surface area contributed by atoms with Gasteiger partial charge in [-0.15, -0.1) is 24.8 Å². The fourth-order valence-electron chi connectivity index (χ4n) is 3.22. The first kappa shape index (κ1) is 23.3. The summed E-state index contributed by atoms with van der Waals surface area (Å²) in [4.78, 5) is 2.59. The largest absolute Gasteiger partial charge is 0.497 e. The van der Waals surface area contributed by atoms with Crippen LogP contribution in [0.2, 0.25) is 0 Å².